The van der Waals surface area contributed by atoms with E-state index in [1.807, 2.05) is 7.05 Å². The van der Waals surface area contributed by atoms with Gasteiger partial charge in [0.25, 0.3) is 0 Å². The normalized spacial score (nSPS) is 18.3. The number of rotatable bonds is 4. The largest absolute Gasteiger partial charge is 0.316 e. The molecule has 1 aliphatic heterocycles. The van der Waals surface area contributed by atoms with E-state index in [4.69, 9.17) is 0 Å². The van der Waals surface area contributed by atoms with Gasteiger partial charge in [0, 0.05) is 19.5 Å². The summed E-state index contributed by atoms with van der Waals surface area (Å²) in [5.41, 5.74) is 1.35. The Morgan fingerprint density at radius 3 is 3.19 bits per heavy atom. The number of carbonyl (C=O) groups excluding carboxylic acids is 1. The predicted octanol–water partition coefficient (Wildman–Crippen LogP) is 2.04. The van der Waals surface area contributed by atoms with E-state index in [2.05, 4.69) is 15.6 Å². The molecule has 0 radical (unpaired) electrons. The van der Waals surface area contributed by atoms with Gasteiger partial charge in [-0.3, -0.25) is 10.1 Å². The van der Waals surface area contributed by atoms with Crippen LogP contribution in [0.3, 0.4) is 0 Å². The van der Waals surface area contributed by atoms with Gasteiger partial charge in [-0.15, -0.1) is 0 Å². The molecule has 1 fully saturated rings. The molecule has 0 saturated carbocycles. The van der Waals surface area contributed by atoms with Crippen molar-refractivity contribution in [3.05, 3.63) is 24.0 Å². The second kappa shape index (κ2) is 5.81. The molecule has 21 heavy (non-hydrogen) atoms. The molecule has 1 atom stereocenters. The quantitative estimate of drug-likeness (QED) is 0.906. The number of nitrogens with zero attached hydrogens (tertiary/aromatic N) is 2. The minimum atomic E-state index is -0.327. The number of hydrogen-bond acceptors (Lipinski definition) is 3. The summed E-state index contributed by atoms with van der Waals surface area (Å²) in [6.45, 7) is 2.04. The number of amides is 1. The van der Waals surface area contributed by atoms with E-state index in [-0.39, 0.29) is 11.7 Å². The van der Waals surface area contributed by atoms with Gasteiger partial charge >= 0.3 is 0 Å². The van der Waals surface area contributed by atoms with Crippen LogP contribution in [0.5, 0.6) is 0 Å². The number of imidazole rings is 1. The minimum absolute atomic E-state index is 0.0409. The van der Waals surface area contributed by atoms with Gasteiger partial charge in [0.05, 0.1) is 11.0 Å². The molecule has 5 nitrogen and oxygen atoms in total. The smallest absolute Gasteiger partial charge is 0.226 e. The lowest BCUT2D eigenvalue weighted by Crippen LogP contribution is -2.17. The van der Waals surface area contributed by atoms with Gasteiger partial charge in [0.2, 0.25) is 11.9 Å². The maximum absolute atomic E-state index is 13.2. The molecule has 2 aromatic rings. The summed E-state index contributed by atoms with van der Waals surface area (Å²) in [5.74, 6) is 0.684. The fourth-order valence-corrected chi connectivity index (χ4v) is 2.77. The number of anilines is 1. The van der Waals surface area contributed by atoms with Crippen LogP contribution in [0.25, 0.3) is 11.0 Å². The monoisotopic (exact) mass is 290 g/mol. The molecule has 1 unspecified atom stereocenters. The predicted molar refractivity (Wildman–Crippen MR) is 79.5 cm³/mol. The number of benzene rings is 1. The molecule has 1 aromatic heterocycles. The third-order valence-corrected chi connectivity index (χ3v) is 4.04. The average Bonchev–Trinajstić information content (AvgIpc) is 3.06. The Labute approximate surface area is 122 Å². The molecule has 0 aliphatic carbocycles. The summed E-state index contributed by atoms with van der Waals surface area (Å²) in [7, 11) is 1.81. The highest BCUT2D eigenvalue weighted by Crippen LogP contribution is 2.20. The van der Waals surface area contributed by atoms with Crippen molar-refractivity contribution in [1.29, 1.82) is 0 Å². The number of halogens is 1. The third kappa shape index (κ3) is 3.05. The molecule has 0 bridgehead atoms. The average molecular weight is 290 g/mol. The van der Waals surface area contributed by atoms with Crippen LogP contribution in [-0.4, -0.2) is 28.5 Å². The fraction of sp³-hybridized carbons (Fsp3) is 0.467. The highest BCUT2D eigenvalue weighted by molar-refractivity contribution is 5.91. The van der Waals surface area contributed by atoms with Crippen molar-refractivity contribution in [3.8, 4) is 0 Å². The lowest BCUT2D eigenvalue weighted by Gasteiger charge is -2.08. The lowest BCUT2D eigenvalue weighted by molar-refractivity contribution is -0.116. The lowest BCUT2D eigenvalue weighted by atomic mass is 10.0. The second-order valence-corrected chi connectivity index (χ2v) is 5.57. The van der Waals surface area contributed by atoms with Crippen LogP contribution in [0.2, 0.25) is 0 Å². The van der Waals surface area contributed by atoms with E-state index in [0.29, 0.717) is 23.8 Å². The van der Waals surface area contributed by atoms with Crippen LogP contribution in [-0.2, 0) is 11.8 Å². The van der Waals surface area contributed by atoms with Gasteiger partial charge < -0.3 is 9.88 Å². The molecule has 1 aliphatic rings. The first-order valence-electron chi connectivity index (χ1n) is 7.26. The van der Waals surface area contributed by atoms with Gasteiger partial charge in [0.1, 0.15) is 5.82 Å². The molecular formula is C15H19FN4O. The van der Waals surface area contributed by atoms with E-state index in [9.17, 15) is 9.18 Å². The van der Waals surface area contributed by atoms with Crippen LogP contribution < -0.4 is 10.6 Å². The zero-order valence-corrected chi connectivity index (χ0v) is 12.0. The molecule has 6 heteroatoms. The van der Waals surface area contributed by atoms with Crippen molar-refractivity contribution < 1.29 is 9.18 Å². The SMILES string of the molecule is Cn1c(NC(=O)CCC2CCNC2)nc2cc(F)ccc21. The third-order valence-electron chi connectivity index (χ3n) is 4.04. The Balaban J connectivity index is 1.66. The number of fused-ring (bicyclic) bond motifs is 1. The number of aryl methyl sites for hydroxylation is 1. The van der Waals surface area contributed by atoms with Crippen LogP contribution in [0, 0.1) is 11.7 Å². The van der Waals surface area contributed by atoms with Gasteiger partial charge in [-0.25, -0.2) is 9.37 Å². The summed E-state index contributed by atoms with van der Waals surface area (Å²) in [5, 5.41) is 6.11. The molecule has 1 aromatic carbocycles. The summed E-state index contributed by atoms with van der Waals surface area (Å²) < 4.78 is 15.0. The summed E-state index contributed by atoms with van der Waals surface area (Å²) in [4.78, 5) is 16.3. The van der Waals surface area contributed by atoms with Crippen molar-refractivity contribution in [2.45, 2.75) is 19.3 Å². The first kappa shape index (κ1) is 14.0. The number of aromatic nitrogens is 2. The zero-order valence-electron chi connectivity index (χ0n) is 12.0. The van der Waals surface area contributed by atoms with Gasteiger partial charge in [-0.2, -0.15) is 0 Å². The summed E-state index contributed by atoms with van der Waals surface area (Å²) in [6, 6.07) is 4.43. The molecular weight excluding hydrogens is 271 g/mol. The van der Waals surface area contributed by atoms with Crippen molar-refractivity contribution in [3.63, 3.8) is 0 Å². The van der Waals surface area contributed by atoms with E-state index < -0.39 is 0 Å². The molecule has 112 valence electrons. The van der Waals surface area contributed by atoms with Crippen LogP contribution in [0.1, 0.15) is 19.3 Å². The van der Waals surface area contributed by atoms with Crippen molar-refractivity contribution >= 4 is 22.9 Å². The van der Waals surface area contributed by atoms with Crippen molar-refractivity contribution in [2.75, 3.05) is 18.4 Å². The molecule has 0 spiro atoms. The molecule has 2 heterocycles. The first-order valence-corrected chi connectivity index (χ1v) is 7.26. The van der Waals surface area contributed by atoms with Crippen molar-refractivity contribution in [2.24, 2.45) is 13.0 Å². The Kier molecular flexibility index (Phi) is 3.88. The van der Waals surface area contributed by atoms with Crippen LogP contribution in [0.4, 0.5) is 10.3 Å². The number of carbonyl (C=O) groups is 1. The van der Waals surface area contributed by atoms with E-state index in [0.717, 1.165) is 31.4 Å². The van der Waals surface area contributed by atoms with E-state index in [1.54, 1.807) is 10.6 Å². The number of hydrogen-bond donors (Lipinski definition) is 2. The summed E-state index contributed by atoms with van der Waals surface area (Å²) in [6.07, 6.45) is 2.51. The summed E-state index contributed by atoms with van der Waals surface area (Å²) >= 11 is 0. The molecule has 1 saturated heterocycles. The maximum atomic E-state index is 13.2. The van der Waals surface area contributed by atoms with Gasteiger partial charge in [-0.1, -0.05) is 0 Å². The highest BCUT2D eigenvalue weighted by atomic mass is 19.1. The minimum Gasteiger partial charge on any atom is -0.316 e. The Morgan fingerprint density at radius 2 is 2.43 bits per heavy atom. The Hall–Kier alpha value is -1.95. The fourth-order valence-electron chi connectivity index (χ4n) is 2.77. The maximum Gasteiger partial charge on any atom is 0.226 e. The van der Waals surface area contributed by atoms with E-state index in [1.165, 1.54) is 12.1 Å². The first-order chi connectivity index (χ1) is 10.1. The Morgan fingerprint density at radius 1 is 1.57 bits per heavy atom. The second-order valence-electron chi connectivity index (χ2n) is 5.57. The molecule has 2 N–H and O–H groups in total. The standard InChI is InChI=1S/C15H19FN4O/c1-20-13-4-3-11(16)8-12(13)18-15(20)19-14(21)5-2-10-6-7-17-9-10/h3-4,8,10,17H,2,5-7,9H2,1H3,(H,18,19,21). The Bertz CT molecular complexity index is 661. The van der Waals surface area contributed by atoms with Gasteiger partial charge in [0.15, 0.2) is 0 Å². The molecule has 1 amide bonds. The topological polar surface area (TPSA) is 59.0 Å². The number of nitrogens with one attached hydrogen (secondary N) is 2. The van der Waals surface area contributed by atoms with Crippen LogP contribution >= 0.6 is 0 Å². The van der Waals surface area contributed by atoms with Crippen molar-refractivity contribution in [1.82, 2.24) is 14.9 Å². The molecule has 3 rings (SSSR count). The van der Waals surface area contributed by atoms with Crippen LogP contribution in [0.15, 0.2) is 18.2 Å². The zero-order chi connectivity index (χ0) is 14.8. The highest BCUT2D eigenvalue weighted by Gasteiger charge is 2.17. The van der Waals surface area contributed by atoms with Gasteiger partial charge in [-0.05, 0) is 44.0 Å². The van der Waals surface area contributed by atoms with E-state index >= 15 is 0 Å².